The minimum atomic E-state index is -3.05. The third-order valence-corrected chi connectivity index (χ3v) is 4.15. The zero-order valence-electron chi connectivity index (χ0n) is 6.66. The van der Waals surface area contributed by atoms with E-state index in [1.807, 2.05) is 6.92 Å². The van der Waals surface area contributed by atoms with Crippen LogP contribution in [0.2, 0.25) is 0 Å². The molecule has 2 atom stereocenters. The molecule has 2 N–H and O–H groups in total. The fourth-order valence-corrected chi connectivity index (χ4v) is 1.80. The quantitative estimate of drug-likeness (QED) is 0.662. The van der Waals surface area contributed by atoms with Crippen molar-refractivity contribution >= 4 is 9.84 Å². The second kappa shape index (κ2) is 3.34. The first-order valence-electron chi connectivity index (χ1n) is 3.41. The topological polar surface area (TPSA) is 60.2 Å². The molecule has 0 aliphatic heterocycles. The van der Waals surface area contributed by atoms with Crippen LogP contribution in [0.3, 0.4) is 0 Å². The largest absolute Gasteiger partial charge is 0.315 e. The van der Waals surface area contributed by atoms with Gasteiger partial charge in [0.1, 0.15) is 5.37 Å². The molecule has 62 valence electrons. The number of hydrogen-bond donors (Lipinski definition) is 1. The minimum absolute atomic E-state index is 0.313. The Morgan fingerprint density at radius 1 is 1.40 bits per heavy atom. The monoisotopic (exact) mass is 165 g/mol. The molecule has 0 radical (unpaired) electrons. The maximum absolute atomic E-state index is 11.1. The lowest BCUT2D eigenvalue weighted by Crippen LogP contribution is -2.34. The Morgan fingerprint density at radius 3 is 1.90 bits per heavy atom. The van der Waals surface area contributed by atoms with Crippen LogP contribution in [0.4, 0.5) is 0 Å². The van der Waals surface area contributed by atoms with Gasteiger partial charge >= 0.3 is 0 Å². The number of sulfone groups is 1. The highest BCUT2D eigenvalue weighted by molar-refractivity contribution is 7.92. The summed E-state index contributed by atoms with van der Waals surface area (Å²) in [6, 6.07) is 0. The maximum Gasteiger partial charge on any atom is 0.168 e. The van der Waals surface area contributed by atoms with Crippen LogP contribution >= 0.6 is 0 Å². The molecular formula is C6H15NO2S. The molecule has 0 heterocycles. The minimum Gasteiger partial charge on any atom is -0.315 e. The van der Waals surface area contributed by atoms with E-state index in [0.717, 1.165) is 0 Å². The fourth-order valence-electron chi connectivity index (χ4n) is 0.599. The van der Waals surface area contributed by atoms with Gasteiger partial charge in [0, 0.05) is 0 Å². The molecule has 0 amide bonds. The van der Waals surface area contributed by atoms with Gasteiger partial charge in [-0.05, 0) is 20.3 Å². The molecule has 3 nitrogen and oxygen atoms in total. The van der Waals surface area contributed by atoms with Crippen LogP contribution in [0.25, 0.3) is 0 Å². The van der Waals surface area contributed by atoms with Crippen LogP contribution in [0.5, 0.6) is 0 Å². The fraction of sp³-hybridized carbons (Fsp3) is 1.00. The summed E-state index contributed by atoms with van der Waals surface area (Å²) >= 11 is 0. The third kappa shape index (κ3) is 1.95. The highest BCUT2D eigenvalue weighted by Gasteiger charge is 2.22. The van der Waals surface area contributed by atoms with E-state index in [1.54, 1.807) is 6.92 Å². The second-order valence-electron chi connectivity index (χ2n) is 2.51. The number of rotatable bonds is 3. The summed E-state index contributed by atoms with van der Waals surface area (Å²) in [5.41, 5.74) is 5.26. The summed E-state index contributed by atoms with van der Waals surface area (Å²) in [5, 5.41) is -1.05. The van der Waals surface area contributed by atoms with E-state index in [2.05, 4.69) is 0 Å². The van der Waals surface area contributed by atoms with Gasteiger partial charge in [0.2, 0.25) is 0 Å². The molecule has 0 saturated heterocycles. The lowest BCUT2D eigenvalue weighted by atomic mass is 10.4. The zero-order valence-corrected chi connectivity index (χ0v) is 7.48. The van der Waals surface area contributed by atoms with Crippen LogP contribution < -0.4 is 5.73 Å². The van der Waals surface area contributed by atoms with Crippen LogP contribution in [0.15, 0.2) is 0 Å². The van der Waals surface area contributed by atoms with E-state index in [1.165, 1.54) is 6.92 Å². The molecule has 2 unspecified atom stereocenters. The molecular weight excluding hydrogens is 150 g/mol. The van der Waals surface area contributed by atoms with Crippen molar-refractivity contribution in [2.75, 3.05) is 0 Å². The van der Waals surface area contributed by atoms with E-state index in [0.29, 0.717) is 6.42 Å². The van der Waals surface area contributed by atoms with Gasteiger partial charge in [-0.2, -0.15) is 0 Å². The van der Waals surface area contributed by atoms with Crippen LogP contribution in [0.1, 0.15) is 27.2 Å². The molecule has 0 fully saturated rings. The van der Waals surface area contributed by atoms with Gasteiger partial charge in [-0.3, -0.25) is 0 Å². The SMILES string of the molecule is CCC(C)S(=O)(=O)C(C)N. The van der Waals surface area contributed by atoms with Gasteiger partial charge in [-0.1, -0.05) is 6.92 Å². The predicted molar refractivity (Wildman–Crippen MR) is 42.3 cm³/mol. The summed E-state index contributed by atoms with van der Waals surface area (Å²) in [6.45, 7) is 5.02. The van der Waals surface area contributed by atoms with Crippen molar-refractivity contribution in [1.29, 1.82) is 0 Å². The lowest BCUT2D eigenvalue weighted by Gasteiger charge is -2.12. The Hall–Kier alpha value is -0.0900. The third-order valence-electron chi connectivity index (χ3n) is 1.65. The predicted octanol–water partition coefficient (Wildman–Crippen LogP) is 0.504. The Labute approximate surface area is 62.5 Å². The van der Waals surface area contributed by atoms with Gasteiger partial charge in [0.05, 0.1) is 5.25 Å². The molecule has 0 aromatic carbocycles. The Morgan fingerprint density at radius 2 is 1.80 bits per heavy atom. The summed E-state index contributed by atoms with van der Waals surface area (Å²) in [5.74, 6) is 0. The molecule has 0 rings (SSSR count). The van der Waals surface area contributed by atoms with Crippen molar-refractivity contribution in [3.8, 4) is 0 Å². The first-order chi connectivity index (χ1) is 4.42. The van der Waals surface area contributed by atoms with Crippen LogP contribution in [-0.4, -0.2) is 19.0 Å². The van der Waals surface area contributed by atoms with Gasteiger partial charge in [0.25, 0.3) is 0 Å². The van der Waals surface area contributed by atoms with Gasteiger partial charge in [-0.25, -0.2) is 8.42 Å². The van der Waals surface area contributed by atoms with Crippen molar-refractivity contribution in [3.63, 3.8) is 0 Å². The van der Waals surface area contributed by atoms with Crippen molar-refractivity contribution in [2.24, 2.45) is 5.73 Å². The van der Waals surface area contributed by atoms with Gasteiger partial charge in [0.15, 0.2) is 9.84 Å². The van der Waals surface area contributed by atoms with E-state index in [4.69, 9.17) is 5.73 Å². The number of hydrogen-bond acceptors (Lipinski definition) is 3. The van der Waals surface area contributed by atoms with E-state index < -0.39 is 15.2 Å². The average molecular weight is 165 g/mol. The summed E-state index contributed by atoms with van der Waals surface area (Å²) in [6.07, 6.45) is 0.629. The van der Waals surface area contributed by atoms with Crippen LogP contribution in [0, 0.1) is 0 Å². The van der Waals surface area contributed by atoms with E-state index in [9.17, 15) is 8.42 Å². The first kappa shape index (κ1) is 9.91. The summed E-state index contributed by atoms with van der Waals surface area (Å²) in [4.78, 5) is 0. The number of nitrogens with two attached hydrogens (primary N) is 1. The Balaban J connectivity index is 4.42. The summed E-state index contributed by atoms with van der Waals surface area (Å²) < 4.78 is 22.3. The van der Waals surface area contributed by atoms with Crippen molar-refractivity contribution < 1.29 is 8.42 Å². The van der Waals surface area contributed by atoms with Crippen molar-refractivity contribution in [2.45, 2.75) is 37.8 Å². The average Bonchev–Trinajstić information content (AvgIpc) is 1.86. The maximum atomic E-state index is 11.1. The second-order valence-corrected chi connectivity index (χ2v) is 5.24. The van der Waals surface area contributed by atoms with Crippen molar-refractivity contribution in [3.05, 3.63) is 0 Å². The standard InChI is InChI=1S/C6H15NO2S/c1-4-5(2)10(8,9)6(3)7/h5-6H,4,7H2,1-3H3. The molecule has 10 heavy (non-hydrogen) atoms. The lowest BCUT2D eigenvalue weighted by molar-refractivity contribution is 0.569. The first-order valence-corrected chi connectivity index (χ1v) is 5.02. The zero-order chi connectivity index (χ0) is 8.36. The molecule has 0 aromatic heterocycles. The highest BCUT2D eigenvalue weighted by atomic mass is 32.2. The molecule has 4 heteroatoms. The van der Waals surface area contributed by atoms with Crippen LogP contribution in [-0.2, 0) is 9.84 Å². The van der Waals surface area contributed by atoms with Crippen molar-refractivity contribution in [1.82, 2.24) is 0 Å². The smallest absolute Gasteiger partial charge is 0.168 e. The van der Waals surface area contributed by atoms with Gasteiger partial charge < -0.3 is 5.73 Å². The molecule has 0 saturated carbocycles. The van der Waals surface area contributed by atoms with E-state index in [-0.39, 0.29) is 5.25 Å². The molecule has 0 aromatic rings. The Bertz CT molecular complexity index is 184. The molecule has 0 aliphatic carbocycles. The van der Waals surface area contributed by atoms with Gasteiger partial charge in [-0.15, -0.1) is 0 Å². The molecule has 0 bridgehead atoms. The molecule has 0 aliphatic rings. The highest BCUT2D eigenvalue weighted by Crippen LogP contribution is 2.07. The van der Waals surface area contributed by atoms with E-state index >= 15 is 0 Å². The normalized spacial score (nSPS) is 18.4. The summed E-state index contributed by atoms with van der Waals surface area (Å²) in [7, 11) is -3.05. The molecule has 0 spiro atoms. The Kier molecular flexibility index (Phi) is 3.31.